The second-order valence-electron chi connectivity index (χ2n) is 5.17. The number of halogens is 1. The number of ether oxygens (including phenoxy) is 3. The van der Waals surface area contributed by atoms with Gasteiger partial charge in [-0.3, -0.25) is 5.14 Å². The molecule has 2 aromatic rings. The first-order valence-corrected chi connectivity index (χ1v) is 9.92. The molecule has 0 bridgehead atoms. The highest BCUT2D eigenvalue weighted by molar-refractivity contribution is 9.10. The number of nitrogens with two attached hydrogens (primary N) is 1. The van der Waals surface area contributed by atoms with E-state index in [4.69, 9.17) is 19.3 Å². The fourth-order valence-corrected chi connectivity index (χ4v) is 2.59. The van der Waals surface area contributed by atoms with Crippen LogP contribution in [-0.4, -0.2) is 42.5 Å². The summed E-state index contributed by atoms with van der Waals surface area (Å²) in [6.45, 7) is 5.95. The average Bonchev–Trinajstić information content (AvgIpc) is 2.67. The predicted octanol–water partition coefficient (Wildman–Crippen LogP) is 3.77. The zero-order chi connectivity index (χ0) is 18.8. The summed E-state index contributed by atoms with van der Waals surface area (Å²) in [5.74, 6) is 0.865. The van der Waals surface area contributed by atoms with Crippen LogP contribution in [0.4, 0.5) is 11.6 Å². The van der Waals surface area contributed by atoms with Gasteiger partial charge in [-0.2, -0.15) is 4.98 Å². The van der Waals surface area contributed by atoms with Gasteiger partial charge in [0.25, 0.3) is 0 Å². The molecule has 0 radical (unpaired) electrons. The fourth-order valence-electron chi connectivity index (χ4n) is 2.01. The molecule has 3 N–H and O–H groups in total. The number of aromatic nitrogens is 2. The summed E-state index contributed by atoms with van der Waals surface area (Å²) in [7, 11) is 0. The van der Waals surface area contributed by atoms with Crippen molar-refractivity contribution in [3.63, 3.8) is 0 Å². The number of nitrogens with one attached hydrogen (secondary N) is 1. The van der Waals surface area contributed by atoms with E-state index in [9.17, 15) is 0 Å². The molecule has 142 valence electrons. The molecule has 0 saturated carbocycles. The first-order chi connectivity index (χ1) is 12.7. The Morgan fingerprint density at radius 2 is 1.81 bits per heavy atom. The third kappa shape index (κ3) is 6.73. The van der Waals surface area contributed by atoms with Gasteiger partial charge in [0.05, 0.1) is 23.9 Å². The van der Waals surface area contributed by atoms with Crippen molar-refractivity contribution in [3.05, 3.63) is 34.9 Å². The lowest BCUT2D eigenvalue weighted by Gasteiger charge is -2.19. The molecule has 7 nitrogen and oxygen atoms in total. The summed E-state index contributed by atoms with van der Waals surface area (Å²) in [5, 5.41) is 8.68. The first-order valence-electron chi connectivity index (χ1n) is 8.24. The van der Waals surface area contributed by atoms with E-state index in [1.165, 1.54) is 11.9 Å². The van der Waals surface area contributed by atoms with E-state index < -0.39 is 0 Å². The molecule has 0 aliphatic rings. The molecule has 1 aromatic heterocycles. The highest BCUT2D eigenvalue weighted by Crippen LogP contribution is 2.25. The zero-order valence-corrected chi connectivity index (χ0v) is 17.2. The van der Waals surface area contributed by atoms with E-state index in [2.05, 4.69) is 31.2 Å². The van der Waals surface area contributed by atoms with Crippen molar-refractivity contribution in [2.24, 2.45) is 5.14 Å². The molecule has 0 saturated heterocycles. The van der Waals surface area contributed by atoms with Crippen molar-refractivity contribution in [2.75, 3.05) is 31.7 Å². The van der Waals surface area contributed by atoms with E-state index in [-0.39, 0.29) is 6.10 Å². The topological polar surface area (TPSA) is 91.5 Å². The number of nitrogens with zero attached hydrogens (tertiary/aromatic N) is 2. The molecule has 1 heterocycles. The molecule has 0 amide bonds. The van der Waals surface area contributed by atoms with Gasteiger partial charge in [-0.05, 0) is 66.0 Å². The van der Waals surface area contributed by atoms with Crippen molar-refractivity contribution in [1.29, 1.82) is 0 Å². The van der Waals surface area contributed by atoms with Gasteiger partial charge in [0, 0.05) is 23.8 Å². The predicted molar refractivity (Wildman–Crippen MR) is 107 cm³/mol. The second-order valence-corrected chi connectivity index (χ2v) is 6.73. The van der Waals surface area contributed by atoms with Gasteiger partial charge >= 0.3 is 0 Å². The minimum atomic E-state index is -0.255. The normalized spacial score (nSPS) is 11.0. The Morgan fingerprint density at radius 1 is 1.15 bits per heavy atom. The average molecular weight is 443 g/mol. The monoisotopic (exact) mass is 442 g/mol. The molecule has 0 unspecified atom stereocenters. The van der Waals surface area contributed by atoms with Crippen LogP contribution in [0, 0.1) is 0 Å². The molecule has 0 fully saturated rings. The van der Waals surface area contributed by atoms with Gasteiger partial charge < -0.3 is 19.5 Å². The maximum Gasteiger partial charge on any atom is 0.233 e. The molecule has 0 aliphatic carbocycles. The highest BCUT2D eigenvalue weighted by atomic mass is 79.9. The molecule has 2 rings (SSSR count). The van der Waals surface area contributed by atoms with Crippen LogP contribution in [-0.2, 0) is 9.47 Å². The lowest BCUT2D eigenvalue weighted by Crippen LogP contribution is -2.29. The van der Waals surface area contributed by atoms with E-state index in [0.717, 1.165) is 10.6 Å². The molecule has 26 heavy (non-hydrogen) atoms. The summed E-state index contributed by atoms with van der Waals surface area (Å²) >= 11 is 4.62. The van der Waals surface area contributed by atoms with E-state index in [1.807, 2.05) is 38.1 Å². The van der Waals surface area contributed by atoms with Crippen LogP contribution in [0.3, 0.4) is 0 Å². The van der Waals surface area contributed by atoms with Crippen LogP contribution < -0.4 is 15.2 Å². The minimum absolute atomic E-state index is 0.255. The number of benzene rings is 1. The van der Waals surface area contributed by atoms with Gasteiger partial charge in [0.15, 0.2) is 0 Å². The fraction of sp³-hybridized carbons (Fsp3) is 0.412. The number of rotatable bonds is 11. The van der Waals surface area contributed by atoms with E-state index in [1.54, 1.807) is 6.20 Å². The Bertz CT molecular complexity index is 668. The van der Waals surface area contributed by atoms with Gasteiger partial charge in [0.2, 0.25) is 11.8 Å². The molecule has 9 heteroatoms. The van der Waals surface area contributed by atoms with Crippen LogP contribution in [0.2, 0.25) is 0 Å². The Hall–Kier alpha value is -1.39. The lowest BCUT2D eigenvalue weighted by molar-refractivity contribution is -0.00250. The van der Waals surface area contributed by atoms with Crippen LogP contribution in [0.15, 0.2) is 39.8 Å². The summed E-state index contributed by atoms with van der Waals surface area (Å²) < 4.78 is 17.5. The Balaban J connectivity index is 2.08. The maximum atomic E-state index is 5.96. The van der Waals surface area contributed by atoms with Crippen molar-refractivity contribution >= 4 is 39.5 Å². The highest BCUT2D eigenvalue weighted by Gasteiger charge is 2.15. The van der Waals surface area contributed by atoms with Gasteiger partial charge in [-0.15, -0.1) is 0 Å². The minimum Gasteiger partial charge on any atom is -0.468 e. The number of hydrogen-bond acceptors (Lipinski definition) is 8. The molecular weight excluding hydrogens is 420 g/mol. The van der Waals surface area contributed by atoms with Crippen LogP contribution >= 0.6 is 27.9 Å². The van der Waals surface area contributed by atoms with Crippen molar-refractivity contribution < 1.29 is 14.2 Å². The summed E-state index contributed by atoms with van der Waals surface area (Å²) in [4.78, 5) is 9.68. The lowest BCUT2D eigenvalue weighted by atomic mass is 10.3. The molecule has 0 spiro atoms. The Morgan fingerprint density at radius 3 is 2.38 bits per heavy atom. The second kappa shape index (κ2) is 11.3. The SMILES string of the molecule is CCOCC(COCC)Oc1nc(Nc2ccc(SN)cc2)ncc1Br. The van der Waals surface area contributed by atoms with Crippen LogP contribution in [0.5, 0.6) is 5.88 Å². The van der Waals surface area contributed by atoms with Gasteiger partial charge in [-0.25, -0.2) is 4.98 Å². The van der Waals surface area contributed by atoms with E-state index >= 15 is 0 Å². The Kier molecular flexibility index (Phi) is 9.13. The Labute approximate surface area is 166 Å². The summed E-state index contributed by atoms with van der Waals surface area (Å²) in [6, 6.07) is 7.66. The smallest absolute Gasteiger partial charge is 0.233 e. The molecule has 0 atom stereocenters. The standard InChI is InChI=1S/C17H23BrN4O3S/c1-3-23-10-13(11-24-4-2)25-16-15(18)9-20-17(22-16)21-12-5-7-14(26-19)8-6-12/h5-9,13H,3-4,10-11,19H2,1-2H3,(H,20,21,22). The maximum absolute atomic E-state index is 5.96. The van der Waals surface area contributed by atoms with Crippen LogP contribution in [0.1, 0.15) is 13.8 Å². The number of anilines is 2. The van der Waals surface area contributed by atoms with Crippen LogP contribution in [0.25, 0.3) is 0 Å². The molecule has 0 aliphatic heterocycles. The first kappa shape index (κ1) is 20.9. The third-order valence-corrected chi connectivity index (χ3v) is 4.34. The zero-order valence-electron chi connectivity index (χ0n) is 14.8. The summed E-state index contributed by atoms with van der Waals surface area (Å²) in [6.07, 6.45) is 1.39. The van der Waals surface area contributed by atoms with Crippen molar-refractivity contribution in [3.8, 4) is 5.88 Å². The van der Waals surface area contributed by atoms with Gasteiger partial charge in [0.1, 0.15) is 6.10 Å². The van der Waals surface area contributed by atoms with Crippen molar-refractivity contribution in [2.45, 2.75) is 24.8 Å². The quantitative estimate of drug-likeness (QED) is 0.508. The van der Waals surface area contributed by atoms with E-state index in [0.29, 0.717) is 42.7 Å². The summed E-state index contributed by atoms with van der Waals surface area (Å²) in [5.41, 5.74) is 0.858. The molecule has 1 aromatic carbocycles. The van der Waals surface area contributed by atoms with Crippen molar-refractivity contribution in [1.82, 2.24) is 9.97 Å². The van der Waals surface area contributed by atoms with Gasteiger partial charge in [-0.1, -0.05) is 0 Å². The molecular formula is C17H23BrN4O3S. The largest absolute Gasteiger partial charge is 0.468 e. The third-order valence-electron chi connectivity index (χ3n) is 3.25. The number of hydrogen-bond donors (Lipinski definition) is 2.